The highest BCUT2D eigenvalue weighted by Crippen LogP contribution is 2.29. The van der Waals surface area contributed by atoms with Crippen molar-refractivity contribution in [2.24, 2.45) is 0 Å². The number of morpholine rings is 1. The molecule has 1 N–H and O–H groups in total. The Morgan fingerprint density at radius 3 is 2.92 bits per heavy atom. The van der Waals surface area contributed by atoms with E-state index >= 15 is 0 Å². The summed E-state index contributed by atoms with van der Waals surface area (Å²) in [6.45, 7) is 7.05. The molecule has 0 bridgehead atoms. The van der Waals surface area contributed by atoms with E-state index in [1.807, 2.05) is 0 Å². The Kier molecular flexibility index (Phi) is 2.58. The first-order chi connectivity index (χ1) is 6.21. The van der Waals surface area contributed by atoms with E-state index in [4.69, 9.17) is 9.47 Å². The molecule has 0 radical (unpaired) electrons. The van der Waals surface area contributed by atoms with Crippen molar-refractivity contribution in [3.8, 4) is 0 Å². The standard InChI is InChI=1S/C10H19NO2/c1-8-6-11-7-10(2,13-8)9-4-3-5-12-9/h8-9,11H,3-7H2,1-2H3. The molecule has 0 saturated carbocycles. The summed E-state index contributed by atoms with van der Waals surface area (Å²) >= 11 is 0. The molecule has 3 heteroatoms. The number of hydrogen-bond donors (Lipinski definition) is 1. The largest absolute Gasteiger partial charge is 0.375 e. The fourth-order valence-electron chi connectivity index (χ4n) is 2.32. The van der Waals surface area contributed by atoms with Crippen LogP contribution in [0.25, 0.3) is 0 Å². The topological polar surface area (TPSA) is 30.5 Å². The van der Waals surface area contributed by atoms with Crippen molar-refractivity contribution in [1.82, 2.24) is 5.32 Å². The molecule has 76 valence electrons. The molecule has 2 heterocycles. The molecule has 0 aromatic rings. The third kappa shape index (κ3) is 1.87. The second-order valence-electron chi connectivity index (χ2n) is 4.37. The smallest absolute Gasteiger partial charge is 0.104 e. The van der Waals surface area contributed by atoms with Gasteiger partial charge in [0.05, 0.1) is 12.2 Å². The number of hydrogen-bond acceptors (Lipinski definition) is 3. The van der Waals surface area contributed by atoms with E-state index in [1.165, 1.54) is 6.42 Å². The van der Waals surface area contributed by atoms with E-state index in [1.54, 1.807) is 0 Å². The van der Waals surface area contributed by atoms with E-state index < -0.39 is 0 Å². The van der Waals surface area contributed by atoms with Crippen molar-refractivity contribution in [3.63, 3.8) is 0 Å². The van der Waals surface area contributed by atoms with Crippen LogP contribution in [-0.4, -0.2) is 37.5 Å². The summed E-state index contributed by atoms with van der Waals surface area (Å²) in [6, 6.07) is 0. The fraction of sp³-hybridized carbons (Fsp3) is 1.00. The van der Waals surface area contributed by atoms with Crippen molar-refractivity contribution in [1.29, 1.82) is 0 Å². The summed E-state index contributed by atoms with van der Waals surface area (Å²) in [4.78, 5) is 0. The zero-order valence-electron chi connectivity index (χ0n) is 8.51. The highest BCUT2D eigenvalue weighted by molar-refractivity contribution is 4.93. The Morgan fingerprint density at radius 2 is 2.31 bits per heavy atom. The first-order valence-corrected chi connectivity index (χ1v) is 5.21. The van der Waals surface area contributed by atoms with Gasteiger partial charge < -0.3 is 14.8 Å². The Bertz CT molecular complexity index is 180. The summed E-state index contributed by atoms with van der Waals surface area (Å²) in [5, 5.41) is 3.40. The Hall–Kier alpha value is -0.120. The van der Waals surface area contributed by atoms with Crippen molar-refractivity contribution in [2.45, 2.75) is 44.5 Å². The van der Waals surface area contributed by atoms with Crippen LogP contribution in [0.2, 0.25) is 0 Å². The minimum atomic E-state index is -0.103. The predicted octanol–water partition coefficient (Wildman–Crippen LogP) is 0.932. The second kappa shape index (κ2) is 3.56. The van der Waals surface area contributed by atoms with Crippen LogP contribution in [0.5, 0.6) is 0 Å². The van der Waals surface area contributed by atoms with Gasteiger partial charge in [-0.1, -0.05) is 0 Å². The predicted molar refractivity (Wildman–Crippen MR) is 50.8 cm³/mol. The Labute approximate surface area is 79.8 Å². The van der Waals surface area contributed by atoms with Crippen LogP contribution in [0.1, 0.15) is 26.7 Å². The van der Waals surface area contributed by atoms with Gasteiger partial charge in [-0.2, -0.15) is 0 Å². The minimum Gasteiger partial charge on any atom is -0.375 e. The molecular weight excluding hydrogens is 166 g/mol. The van der Waals surface area contributed by atoms with Gasteiger partial charge in [-0.25, -0.2) is 0 Å². The average molecular weight is 185 g/mol. The SMILES string of the molecule is CC1CNCC(C)(C2CCCO2)O1. The maximum Gasteiger partial charge on any atom is 0.104 e. The lowest BCUT2D eigenvalue weighted by Crippen LogP contribution is -2.57. The highest BCUT2D eigenvalue weighted by atomic mass is 16.6. The van der Waals surface area contributed by atoms with Crippen LogP contribution in [-0.2, 0) is 9.47 Å². The molecule has 0 spiro atoms. The van der Waals surface area contributed by atoms with E-state index in [-0.39, 0.29) is 5.60 Å². The van der Waals surface area contributed by atoms with Gasteiger partial charge in [0, 0.05) is 19.7 Å². The van der Waals surface area contributed by atoms with Gasteiger partial charge in [0.25, 0.3) is 0 Å². The third-order valence-electron chi connectivity index (χ3n) is 2.99. The van der Waals surface area contributed by atoms with Gasteiger partial charge in [-0.05, 0) is 26.7 Å². The van der Waals surface area contributed by atoms with Crippen LogP contribution in [0.3, 0.4) is 0 Å². The third-order valence-corrected chi connectivity index (χ3v) is 2.99. The Balaban J connectivity index is 2.00. The second-order valence-corrected chi connectivity index (χ2v) is 4.37. The molecule has 2 fully saturated rings. The Morgan fingerprint density at radius 1 is 1.46 bits per heavy atom. The maximum absolute atomic E-state index is 5.97. The van der Waals surface area contributed by atoms with Crippen molar-refractivity contribution in [3.05, 3.63) is 0 Å². The fourth-order valence-corrected chi connectivity index (χ4v) is 2.32. The monoisotopic (exact) mass is 185 g/mol. The summed E-state index contributed by atoms with van der Waals surface area (Å²) in [6.07, 6.45) is 2.92. The summed E-state index contributed by atoms with van der Waals surface area (Å²) in [5.74, 6) is 0. The number of rotatable bonds is 1. The first-order valence-electron chi connectivity index (χ1n) is 5.21. The van der Waals surface area contributed by atoms with Gasteiger partial charge >= 0.3 is 0 Å². The lowest BCUT2D eigenvalue weighted by atomic mass is 9.94. The molecule has 0 amide bonds. The molecule has 2 rings (SSSR count). The van der Waals surface area contributed by atoms with Gasteiger partial charge in [0.15, 0.2) is 0 Å². The zero-order valence-corrected chi connectivity index (χ0v) is 8.51. The van der Waals surface area contributed by atoms with E-state index in [0.29, 0.717) is 12.2 Å². The molecular formula is C10H19NO2. The number of nitrogens with one attached hydrogen (secondary N) is 1. The van der Waals surface area contributed by atoms with E-state index in [0.717, 1.165) is 26.1 Å². The van der Waals surface area contributed by atoms with Crippen molar-refractivity contribution >= 4 is 0 Å². The molecule has 3 unspecified atom stereocenters. The van der Waals surface area contributed by atoms with Gasteiger partial charge in [0.1, 0.15) is 5.60 Å². The van der Waals surface area contributed by atoms with E-state index in [2.05, 4.69) is 19.2 Å². The summed E-state index contributed by atoms with van der Waals surface area (Å²) in [7, 11) is 0. The summed E-state index contributed by atoms with van der Waals surface area (Å²) in [5.41, 5.74) is -0.103. The van der Waals surface area contributed by atoms with Crippen LogP contribution in [0.15, 0.2) is 0 Å². The maximum atomic E-state index is 5.97. The molecule has 0 aliphatic carbocycles. The van der Waals surface area contributed by atoms with Gasteiger partial charge in [0.2, 0.25) is 0 Å². The summed E-state index contributed by atoms with van der Waals surface area (Å²) < 4.78 is 11.6. The molecule has 2 aliphatic rings. The van der Waals surface area contributed by atoms with Crippen LogP contribution < -0.4 is 5.32 Å². The van der Waals surface area contributed by atoms with Crippen LogP contribution in [0.4, 0.5) is 0 Å². The molecule has 0 aromatic carbocycles. The molecule has 0 aromatic heterocycles. The lowest BCUT2D eigenvalue weighted by Gasteiger charge is -2.41. The number of ether oxygens (including phenoxy) is 2. The highest BCUT2D eigenvalue weighted by Gasteiger charge is 2.41. The van der Waals surface area contributed by atoms with Gasteiger partial charge in [-0.3, -0.25) is 0 Å². The first kappa shape index (κ1) is 9.44. The van der Waals surface area contributed by atoms with Crippen molar-refractivity contribution < 1.29 is 9.47 Å². The average Bonchev–Trinajstić information content (AvgIpc) is 2.55. The normalized spacial score (nSPS) is 46.6. The zero-order chi connectivity index (χ0) is 9.31. The minimum absolute atomic E-state index is 0.103. The van der Waals surface area contributed by atoms with Crippen LogP contribution in [0, 0.1) is 0 Å². The molecule has 3 atom stereocenters. The molecule has 2 saturated heterocycles. The molecule has 3 nitrogen and oxygen atoms in total. The lowest BCUT2D eigenvalue weighted by molar-refractivity contribution is -0.159. The molecule has 2 aliphatic heterocycles. The van der Waals surface area contributed by atoms with Gasteiger partial charge in [-0.15, -0.1) is 0 Å². The quantitative estimate of drug-likeness (QED) is 0.659. The van der Waals surface area contributed by atoms with Crippen molar-refractivity contribution in [2.75, 3.05) is 19.7 Å². The van der Waals surface area contributed by atoms with Crippen LogP contribution >= 0.6 is 0 Å². The van der Waals surface area contributed by atoms with E-state index in [9.17, 15) is 0 Å². The molecule has 13 heavy (non-hydrogen) atoms.